The minimum Gasteiger partial charge on any atom is -0.478 e. The van der Waals surface area contributed by atoms with Crippen molar-refractivity contribution in [3.05, 3.63) is 24.0 Å². The lowest BCUT2D eigenvalue weighted by Gasteiger charge is -2.21. The number of hydrogen-bond acceptors (Lipinski definition) is 3. The van der Waals surface area contributed by atoms with Crippen molar-refractivity contribution in [1.29, 1.82) is 0 Å². The highest BCUT2D eigenvalue weighted by Crippen LogP contribution is 2.47. The Bertz CT molecular complexity index is 561. The van der Waals surface area contributed by atoms with Crippen LogP contribution in [0.15, 0.2) is 18.5 Å². The van der Waals surface area contributed by atoms with Crippen LogP contribution in [-0.4, -0.2) is 28.6 Å². The number of carboxylic acid groups (broad SMARTS) is 1. The van der Waals surface area contributed by atoms with Gasteiger partial charge in [-0.2, -0.15) is 0 Å². The second-order valence-electron chi connectivity index (χ2n) is 6.04. The summed E-state index contributed by atoms with van der Waals surface area (Å²) in [5.41, 5.74) is 0.446. The molecule has 0 aliphatic heterocycles. The van der Waals surface area contributed by atoms with E-state index in [-0.39, 0.29) is 11.6 Å². The standard InChI is InChI=1S/C15H19N3O3/c19-14(20)12-5-13(8-16-6-12)18-15(21)17-7-11-4-9-1-2-10(11)3-9/h5-6,8-11H,1-4,7H2,(H,19,20)(H2,17,18,21). The van der Waals surface area contributed by atoms with E-state index in [2.05, 4.69) is 15.6 Å². The molecule has 0 saturated heterocycles. The van der Waals surface area contributed by atoms with Crippen molar-refractivity contribution >= 4 is 17.7 Å². The molecule has 3 unspecified atom stereocenters. The average molecular weight is 289 g/mol. The van der Waals surface area contributed by atoms with E-state index in [1.807, 2.05) is 0 Å². The van der Waals surface area contributed by atoms with E-state index in [1.165, 1.54) is 44.1 Å². The van der Waals surface area contributed by atoms with Crippen LogP contribution in [0, 0.1) is 17.8 Å². The van der Waals surface area contributed by atoms with Crippen LogP contribution >= 0.6 is 0 Å². The Morgan fingerprint density at radius 2 is 2.14 bits per heavy atom. The van der Waals surface area contributed by atoms with Gasteiger partial charge in [0.1, 0.15) is 0 Å². The van der Waals surface area contributed by atoms with Crippen LogP contribution in [0.4, 0.5) is 10.5 Å². The molecule has 1 heterocycles. The largest absolute Gasteiger partial charge is 0.478 e. The molecule has 0 radical (unpaired) electrons. The maximum Gasteiger partial charge on any atom is 0.337 e. The minimum absolute atomic E-state index is 0.0564. The number of urea groups is 1. The van der Waals surface area contributed by atoms with Crippen LogP contribution in [-0.2, 0) is 0 Å². The SMILES string of the molecule is O=C(NCC1CC2CCC1C2)Nc1cncc(C(=O)O)c1. The molecule has 3 rings (SSSR count). The Kier molecular flexibility index (Phi) is 3.77. The van der Waals surface area contributed by atoms with Crippen LogP contribution in [0.1, 0.15) is 36.0 Å². The van der Waals surface area contributed by atoms with Crippen LogP contribution in [0.25, 0.3) is 0 Å². The molecule has 6 nitrogen and oxygen atoms in total. The summed E-state index contributed by atoms with van der Waals surface area (Å²) in [5, 5.41) is 14.4. The Labute approximate surface area is 123 Å². The van der Waals surface area contributed by atoms with Crippen molar-refractivity contribution in [3.8, 4) is 0 Å². The third kappa shape index (κ3) is 3.15. The van der Waals surface area contributed by atoms with Gasteiger partial charge in [-0.1, -0.05) is 6.42 Å². The molecule has 3 N–H and O–H groups in total. The smallest absolute Gasteiger partial charge is 0.337 e. The lowest BCUT2D eigenvalue weighted by atomic mass is 9.89. The fourth-order valence-corrected chi connectivity index (χ4v) is 3.65. The zero-order valence-corrected chi connectivity index (χ0v) is 11.7. The van der Waals surface area contributed by atoms with E-state index < -0.39 is 5.97 Å². The van der Waals surface area contributed by atoms with Gasteiger partial charge in [-0.3, -0.25) is 4.98 Å². The number of nitrogens with one attached hydrogen (secondary N) is 2. The molecule has 21 heavy (non-hydrogen) atoms. The molecule has 2 aliphatic rings. The molecule has 6 heteroatoms. The monoisotopic (exact) mass is 289 g/mol. The first-order chi connectivity index (χ1) is 10.1. The van der Waals surface area contributed by atoms with Gasteiger partial charge in [-0.15, -0.1) is 0 Å². The van der Waals surface area contributed by atoms with E-state index in [0.717, 1.165) is 11.8 Å². The fraction of sp³-hybridized carbons (Fsp3) is 0.533. The summed E-state index contributed by atoms with van der Waals surface area (Å²) in [6, 6.07) is 1.09. The molecule has 1 aromatic rings. The van der Waals surface area contributed by atoms with Crippen molar-refractivity contribution in [2.45, 2.75) is 25.7 Å². The maximum absolute atomic E-state index is 11.9. The molecule has 2 bridgehead atoms. The van der Waals surface area contributed by atoms with Crippen molar-refractivity contribution < 1.29 is 14.7 Å². The number of hydrogen-bond donors (Lipinski definition) is 3. The van der Waals surface area contributed by atoms with Gasteiger partial charge in [0, 0.05) is 12.7 Å². The van der Waals surface area contributed by atoms with E-state index in [0.29, 0.717) is 18.2 Å². The quantitative estimate of drug-likeness (QED) is 0.793. The van der Waals surface area contributed by atoms with Crippen LogP contribution < -0.4 is 10.6 Å². The number of aromatic carboxylic acids is 1. The number of rotatable bonds is 4. The molecule has 2 fully saturated rings. The number of aromatic nitrogens is 1. The van der Waals surface area contributed by atoms with Gasteiger partial charge in [0.15, 0.2) is 0 Å². The van der Waals surface area contributed by atoms with E-state index in [9.17, 15) is 9.59 Å². The summed E-state index contributed by atoms with van der Waals surface area (Å²) < 4.78 is 0. The molecule has 2 amide bonds. The Morgan fingerprint density at radius 3 is 2.81 bits per heavy atom. The number of carboxylic acids is 1. The predicted octanol–water partition coefficient (Wildman–Crippen LogP) is 2.34. The maximum atomic E-state index is 11.9. The number of fused-ring (bicyclic) bond motifs is 2. The number of carbonyl (C=O) groups is 2. The summed E-state index contributed by atoms with van der Waals surface area (Å²) >= 11 is 0. The van der Waals surface area contributed by atoms with Crippen LogP contribution in [0.5, 0.6) is 0 Å². The Hall–Kier alpha value is -2.11. The topological polar surface area (TPSA) is 91.3 Å². The number of nitrogens with zero attached hydrogens (tertiary/aromatic N) is 1. The second kappa shape index (κ2) is 5.71. The average Bonchev–Trinajstić information content (AvgIpc) is 3.08. The van der Waals surface area contributed by atoms with Gasteiger partial charge in [0.05, 0.1) is 17.4 Å². The molecular weight excluding hydrogens is 270 g/mol. The van der Waals surface area contributed by atoms with Gasteiger partial charge >= 0.3 is 12.0 Å². The molecule has 2 aliphatic carbocycles. The normalized spacial score (nSPS) is 26.6. The molecule has 2 saturated carbocycles. The van der Waals surface area contributed by atoms with Crippen molar-refractivity contribution in [2.75, 3.05) is 11.9 Å². The molecular formula is C15H19N3O3. The van der Waals surface area contributed by atoms with Gasteiger partial charge in [-0.05, 0) is 43.1 Å². The van der Waals surface area contributed by atoms with Crippen LogP contribution in [0.2, 0.25) is 0 Å². The number of pyridine rings is 1. The first-order valence-electron chi connectivity index (χ1n) is 7.35. The number of amides is 2. The first-order valence-corrected chi connectivity index (χ1v) is 7.35. The lowest BCUT2D eigenvalue weighted by molar-refractivity contribution is 0.0696. The third-order valence-electron chi connectivity index (χ3n) is 4.65. The van der Waals surface area contributed by atoms with Gasteiger partial charge in [0.2, 0.25) is 0 Å². The van der Waals surface area contributed by atoms with Crippen LogP contribution in [0.3, 0.4) is 0 Å². The molecule has 1 aromatic heterocycles. The molecule has 0 spiro atoms. The van der Waals surface area contributed by atoms with Crippen molar-refractivity contribution in [2.24, 2.45) is 17.8 Å². The predicted molar refractivity (Wildman–Crippen MR) is 77.2 cm³/mol. The van der Waals surface area contributed by atoms with Crippen molar-refractivity contribution in [3.63, 3.8) is 0 Å². The number of anilines is 1. The van der Waals surface area contributed by atoms with Crippen molar-refractivity contribution in [1.82, 2.24) is 10.3 Å². The zero-order valence-electron chi connectivity index (χ0n) is 11.7. The van der Waals surface area contributed by atoms with Gasteiger partial charge < -0.3 is 15.7 Å². The zero-order chi connectivity index (χ0) is 14.8. The summed E-state index contributed by atoms with van der Waals surface area (Å²) in [6.45, 7) is 0.694. The Morgan fingerprint density at radius 1 is 1.29 bits per heavy atom. The highest BCUT2D eigenvalue weighted by atomic mass is 16.4. The first kappa shape index (κ1) is 13.9. The molecule has 3 atom stereocenters. The van der Waals surface area contributed by atoms with E-state index in [1.54, 1.807) is 0 Å². The van der Waals surface area contributed by atoms with E-state index in [4.69, 9.17) is 5.11 Å². The summed E-state index contributed by atoms with van der Waals surface area (Å²) in [5.74, 6) is 1.17. The summed E-state index contributed by atoms with van der Waals surface area (Å²) in [4.78, 5) is 26.5. The summed E-state index contributed by atoms with van der Waals surface area (Å²) in [7, 11) is 0. The molecule has 112 valence electrons. The fourth-order valence-electron chi connectivity index (χ4n) is 3.65. The second-order valence-corrected chi connectivity index (χ2v) is 6.04. The highest BCUT2D eigenvalue weighted by molar-refractivity contribution is 5.92. The Balaban J connectivity index is 1.50. The third-order valence-corrected chi connectivity index (χ3v) is 4.65. The molecule has 0 aromatic carbocycles. The summed E-state index contributed by atoms with van der Waals surface area (Å²) in [6.07, 6.45) is 7.87. The van der Waals surface area contributed by atoms with E-state index >= 15 is 0 Å². The van der Waals surface area contributed by atoms with Gasteiger partial charge in [-0.25, -0.2) is 9.59 Å². The number of carbonyl (C=O) groups excluding carboxylic acids is 1. The lowest BCUT2D eigenvalue weighted by Crippen LogP contribution is -2.34. The van der Waals surface area contributed by atoms with Gasteiger partial charge in [0.25, 0.3) is 0 Å². The minimum atomic E-state index is -1.06. The highest BCUT2D eigenvalue weighted by Gasteiger charge is 2.39.